The van der Waals surface area contributed by atoms with E-state index in [1.807, 2.05) is 6.07 Å². The molecule has 0 saturated carbocycles. The number of piperazine rings is 1. The fourth-order valence-electron chi connectivity index (χ4n) is 4.62. The largest absolute Gasteiger partial charge is 0.508 e. The maximum Gasteiger partial charge on any atom is 0.305 e. The quantitative estimate of drug-likeness (QED) is 0.694. The van der Waals surface area contributed by atoms with E-state index in [4.69, 9.17) is 9.47 Å². The Balaban J connectivity index is 1.67. The first kappa shape index (κ1) is 21.9. The van der Waals surface area contributed by atoms with Crippen LogP contribution in [0.2, 0.25) is 0 Å². The summed E-state index contributed by atoms with van der Waals surface area (Å²) in [5.74, 6) is 1.34. The van der Waals surface area contributed by atoms with Gasteiger partial charge in [-0.1, -0.05) is 0 Å². The smallest absolute Gasteiger partial charge is 0.305 e. The summed E-state index contributed by atoms with van der Waals surface area (Å²) < 4.78 is 10.2. The number of ether oxygens (including phenoxy) is 2. The Hall–Kier alpha value is -1.83. The molecule has 0 bridgehead atoms. The van der Waals surface area contributed by atoms with Gasteiger partial charge in [-0.2, -0.15) is 0 Å². The van der Waals surface area contributed by atoms with Crippen molar-refractivity contribution in [2.24, 2.45) is 5.92 Å². The highest BCUT2D eigenvalue weighted by atomic mass is 16.5. The van der Waals surface area contributed by atoms with Crippen LogP contribution in [0.4, 0.5) is 0 Å². The summed E-state index contributed by atoms with van der Waals surface area (Å²) in [6.07, 6.45) is 2.38. The second-order valence-corrected chi connectivity index (χ2v) is 8.30. The second-order valence-electron chi connectivity index (χ2n) is 8.30. The predicted octanol–water partition coefficient (Wildman–Crippen LogP) is 1.79. The van der Waals surface area contributed by atoms with Crippen LogP contribution < -0.4 is 4.74 Å². The molecule has 0 aromatic heterocycles. The van der Waals surface area contributed by atoms with Gasteiger partial charge in [0.05, 0.1) is 14.2 Å². The molecule has 2 aliphatic heterocycles. The highest BCUT2D eigenvalue weighted by Crippen LogP contribution is 2.30. The van der Waals surface area contributed by atoms with E-state index in [0.29, 0.717) is 30.7 Å². The van der Waals surface area contributed by atoms with Crippen molar-refractivity contribution in [2.45, 2.75) is 31.8 Å². The number of piperidine rings is 1. The van der Waals surface area contributed by atoms with Gasteiger partial charge in [0, 0.05) is 57.3 Å². The zero-order valence-electron chi connectivity index (χ0n) is 18.0. The van der Waals surface area contributed by atoms with Crippen molar-refractivity contribution in [1.82, 2.24) is 14.7 Å². The maximum atomic E-state index is 11.8. The minimum atomic E-state index is -0.135. The summed E-state index contributed by atoms with van der Waals surface area (Å²) >= 11 is 0. The summed E-state index contributed by atoms with van der Waals surface area (Å²) in [5.41, 5.74) is 0.883. The molecule has 7 heteroatoms. The van der Waals surface area contributed by atoms with E-state index in [0.717, 1.165) is 63.4 Å². The molecule has 0 amide bonds. The van der Waals surface area contributed by atoms with Gasteiger partial charge in [0.25, 0.3) is 0 Å². The standard InChI is InChI=1S/C22H35N3O4/c1-23-10-12-25(13-11-23)20-8-9-24(15-17(20)4-7-22(27)29-3)16-18-14-19(28-2)5-6-21(18)26/h5-6,14,17,20,26H,4,7-13,15-16H2,1-3H3/t17-,20+/m0/s1. The summed E-state index contributed by atoms with van der Waals surface area (Å²) in [7, 11) is 5.27. The van der Waals surface area contributed by atoms with E-state index in [1.165, 1.54) is 7.11 Å². The molecule has 2 saturated heterocycles. The Kier molecular flexibility index (Phi) is 7.75. The number of likely N-dealkylation sites (tertiary alicyclic amines) is 1. The molecule has 2 fully saturated rings. The SMILES string of the molecule is COC(=O)CC[C@H]1CN(Cc2cc(OC)ccc2O)CC[C@H]1N1CCN(C)CC1. The van der Waals surface area contributed by atoms with Crippen LogP contribution in [0.1, 0.15) is 24.8 Å². The molecule has 162 valence electrons. The average molecular weight is 406 g/mol. The summed E-state index contributed by atoms with van der Waals surface area (Å²) in [6.45, 7) is 6.97. The number of phenolic OH excluding ortho intramolecular Hbond substituents is 1. The number of rotatable bonds is 7. The van der Waals surface area contributed by atoms with Gasteiger partial charge in [0.2, 0.25) is 0 Å². The first-order chi connectivity index (χ1) is 14.0. The number of aromatic hydroxyl groups is 1. The first-order valence-electron chi connectivity index (χ1n) is 10.6. The van der Waals surface area contributed by atoms with Gasteiger partial charge >= 0.3 is 5.97 Å². The number of carbonyl (C=O) groups is 1. The van der Waals surface area contributed by atoms with Crippen LogP contribution in [0.15, 0.2) is 18.2 Å². The van der Waals surface area contributed by atoms with Crippen LogP contribution in [-0.2, 0) is 16.1 Å². The maximum absolute atomic E-state index is 11.8. The van der Waals surface area contributed by atoms with Crippen molar-refractivity contribution in [1.29, 1.82) is 0 Å². The normalized spacial score (nSPS) is 24.4. The Morgan fingerprint density at radius 2 is 1.93 bits per heavy atom. The van der Waals surface area contributed by atoms with Crippen molar-refractivity contribution >= 4 is 5.97 Å². The van der Waals surface area contributed by atoms with Crippen molar-refractivity contribution in [3.8, 4) is 11.5 Å². The van der Waals surface area contributed by atoms with Crippen molar-refractivity contribution in [2.75, 3.05) is 60.5 Å². The van der Waals surface area contributed by atoms with E-state index >= 15 is 0 Å². The number of hydrogen-bond donors (Lipinski definition) is 1. The first-order valence-corrected chi connectivity index (χ1v) is 10.6. The third kappa shape index (κ3) is 5.84. The molecule has 0 spiro atoms. The molecule has 0 radical (unpaired) electrons. The minimum Gasteiger partial charge on any atom is -0.508 e. The summed E-state index contributed by atoms with van der Waals surface area (Å²) in [6, 6.07) is 5.88. The lowest BCUT2D eigenvalue weighted by molar-refractivity contribution is -0.141. The minimum absolute atomic E-state index is 0.135. The Bertz CT molecular complexity index is 676. The summed E-state index contributed by atoms with van der Waals surface area (Å²) in [5, 5.41) is 10.3. The molecule has 0 unspecified atom stereocenters. The summed E-state index contributed by atoms with van der Waals surface area (Å²) in [4.78, 5) is 19.1. The van der Waals surface area contributed by atoms with Gasteiger partial charge in [-0.25, -0.2) is 0 Å². The molecule has 1 N–H and O–H groups in total. The van der Waals surface area contributed by atoms with Gasteiger partial charge < -0.3 is 19.5 Å². The number of carbonyl (C=O) groups excluding carboxylic acids is 1. The van der Waals surface area contributed by atoms with Gasteiger partial charge in [-0.15, -0.1) is 0 Å². The van der Waals surface area contributed by atoms with Crippen LogP contribution in [0, 0.1) is 5.92 Å². The highest BCUT2D eigenvalue weighted by Gasteiger charge is 2.34. The third-order valence-corrected chi connectivity index (χ3v) is 6.41. The van der Waals surface area contributed by atoms with Gasteiger partial charge in [-0.05, 0) is 50.6 Å². The van der Waals surface area contributed by atoms with E-state index < -0.39 is 0 Å². The second kappa shape index (κ2) is 10.3. The van der Waals surface area contributed by atoms with Gasteiger partial charge in [0.15, 0.2) is 0 Å². The lowest BCUT2D eigenvalue weighted by Crippen LogP contribution is -2.56. The van der Waals surface area contributed by atoms with Crippen LogP contribution in [-0.4, -0.2) is 92.4 Å². The van der Waals surface area contributed by atoms with E-state index in [-0.39, 0.29) is 5.97 Å². The number of methoxy groups -OCH3 is 2. The van der Waals surface area contributed by atoms with Crippen molar-refractivity contribution in [3.05, 3.63) is 23.8 Å². The molecule has 1 aromatic rings. The predicted molar refractivity (Wildman–Crippen MR) is 112 cm³/mol. The molecule has 3 rings (SSSR count). The van der Waals surface area contributed by atoms with Crippen LogP contribution in [0.3, 0.4) is 0 Å². The Morgan fingerprint density at radius 1 is 1.17 bits per heavy atom. The lowest BCUT2D eigenvalue weighted by Gasteiger charge is -2.46. The van der Waals surface area contributed by atoms with Crippen molar-refractivity contribution in [3.63, 3.8) is 0 Å². The number of benzene rings is 1. The lowest BCUT2D eigenvalue weighted by atomic mass is 9.86. The molecule has 1 aromatic carbocycles. The van der Waals surface area contributed by atoms with Crippen LogP contribution >= 0.6 is 0 Å². The molecular weight excluding hydrogens is 370 g/mol. The highest BCUT2D eigenvalue weighted by molar-refractivity contribution is 5.69. The molecule has 2 heterocycles. The third-order valence-electron chi connectivity index (χ3n) is 6.41. The molecule has 2 atom stereocenters. The number of hydrogen-bond acceptors (Lipinski definition) is 7. The number of nitrogens with zero attached hydrogens (tertiary/aromatic N) is 3. The molecule has 29 heavy (non-hydrogen) atoms. The fraction of sp³-hybridized carbons (Fsp3) is 0.682. The molecule has 2 aliphatic rings. The monoisotopic (exact) mass is 405 g/mol. The molecule has 7 nitrogen and oxygen atoms in total. The zero-order chi connectivity index (χ0) is 20.8. The van der Waals surface area contributed by atoms with Crippen molar-refractivity contribution < 1.29 is 19.4 Å². The average Bonchev–Trinajstić information content (AvgIpc) is 2.74. The molecule has 0 aliphatic carbocycles. The van der Waals surface area contributed by atoms with E-state index in [1.54, 1.807) is 19.2 Å². The Labute approximate surface area is 174 Å². The topological polar surface area (TPSA) is 65.5 Å². The number of likely N-dealkylation sites (N-methyl/N-ethyl adjacent to an activating group) is 1. The number of phenols is 1. The fourth-order valence-corrected chi connectivity index (χ4v) is 4.62. The molecular formula is C22H35N3O4. The Morgan fingerprint density at radius 3 is 2.62 bits per heavy atom. The van der Waals surface area contributed by atoms with Gasteiger partial charge in [-0.3, -0.25) is 14.6 Å². The van der Waals surface area contributed by atoms with Gasteiger partial charge in [0.1, 0.15) is 11.5 Å². The van der Waals surface area contributed by atoms with Crippen LogP contribution in [0.5, 0.6) is 11.5 Å². The van der Waals surface area contributed by atoms with Crippen LogP contribution in [0.25, 0.3) is 0 Å². The van der Waals surface area contributed by atoms with E-state index in [9.17, 15) is 9.90 Å². The number of esters is 1. The zero-order valence-corrected chi connectivity index (χ0v) is 18.0. The van der Waals surface area contributed by atoms with E-state index in [2.05, 4.69) is 21.7 Å².